The van der Waals surface area contributed by atoms with E-state index in [1.165, 1.54) is 43.5 Å². The summed E-state index contributed by atoms with van der Waals surface area (Å²) >= 11 is 0. The third-order valence-corrected chi connectivity index (χ3v) is 5.45. The van der Waals surface area contributed by atoms with Gasteiger partial charge < -0.3 is 29.6 Å². The van der Waals surface area contributed by atoms with Crippen LogP contribution in [-0.2, 0) is 32.6 Å². The van der Waals surface area contributed by atoms with Crippen LogP contribution in [-0.4, -0.2) is 15.6 Å². The molecule has 0 bridgehead atoms. The molecule has 0 saturated carbocycles. The van der Waals surface area contributed by atoms with Gasteiger partial charge in [0.2, 0.25) is 13.1 Å². The SMILES string of the molecule is CC1=Cc2ccc3ccccc3c2C1.CC1C=c2ccc3c(c2O1)C=CC=3.C[Si+2]C.[Cl-].[Cl-].[Zr+4]. The van der Waals surface area contributed by atoms with Crippen molar-refractivity contribution in [3.8, 4) is 5.75 Å². The van der Waals surface area contributed by atoms with Gasteiger partial charge in [-0.05, 0) is 53.5 Å². The molecule has 0 fully saturated rings. The van der Waals surface area contributed by atoms with Gasteiger partial charge >= 0.3 is 35.7 Å². The van der Waals surface area contributed by atoms with Crippen LogP contribution < -0.4 is 40.0 Å². The van der Waals surface area contributed by atoms with E-state index in [2.05, 4.69) is 106 Å². The fourth-order valence-electron chi connectivity index (χ4n) is 4.21. The first-order valence-corrected chi connectivity index (χ1v) is 12.6. The number of halogens is 2. The number of benzene rings is 3. The molecule has 33 heavy (non-hydrogen) atoms. The van der Waals surface area contributed by atoms with Crippen LogP contribution in [0.2, 0.25) is 13.1 Å². The van der Waals surface area contributed by atoms with E-state index in [1.54, 1.807) is 0 Å². The van der Waals surface area contributed by atoms with Gasteiger partial charge in [0.25, 0.3) is 0 Å². The van der Waals surface area contributed by atoms with Crippen molar-refractivity contribution < 1.29 is 55.8 Å². The molecule has 1 heterocycles. The Morgan fingerprint density at radius 1 is 0.939 bits per heavy atom. The molecule has 3 aromatic carbocycles. The fraction of sp³-hybridized carbons (Fsp3) is 0.214. The Bertz CT molecular complexity index is 1280. The van der Waals surface area contributed by atoms with Gasteiger partial charge in [-0.15, -0.1) is 0 Å². The third kappa shape index (κ3) is 6.61. The first kappa shape index (κ1) is 29.7. The monoisotopic (exact) mass is 568 g/mol. The molecule has 3 aliphatic rings. The minimum absolute atomic E-state index is 0. The Morgan fingerprint density at radius 3 is 2.39 bits per heavy atom. The van der Waals surface area contributed by atoms with E-state index in [-0.39, 0.29) is 57.1 Å². The predicted octanol–water partition coefficient (Wildman–Crippen LogP) is -0.353. The van der Waals surface area contributed by atoms with Gasteiger partial charge in [0.05, 0.1) is 0 Å². The van der Waals surface area contributed by atoms with E-state index in [4.69, 9.17) is 4.74 Å². The van der Waals surface area contributed by atoms with Crippen LogP contribution in [0, 0.1) is 0 Å². The molecule has 3 aromatic rings. The second-order valence-corrected chi connectivity index (χ2v) is 9.02. The summed E-state index contributed by atoms with van der Waals surface area (Å²) in [6.07, 6.45) is 12.1. The molecule has 0 spiro atoms. The second kappa shape index (κ2) is 13.5. The quantitative estimate of drug-likeness (QED) is 0.336. The van der Waals surface area contributed by atoms with E-state index in [1.807, 2.05) is 0 Å². The van der Waals surface area contributed by atoms with Crippen molar-refractivity contribution in [3.63, 3.8) is 0 Å². The van der Waals surface area contributed by atoms with Crippen molar-refractivity contribution in [2.45, 2.75) is 39.5 Å². The second-order valence-electron chi connectivity index (χ2n) is 8.02. The first-order chi connectivity index (χ1) is 14.6. The molecular weight excluding hydrogens is 543 g/mol. The molecule has 1 atom stereocenters. The molecule has 164 valence electrons. The molecule has 1 aliphatic heterocycles. The molecule has 1 nitrogen and oxygen atoms in total. The standard InChI is InChI=1S/C14H12.C12H10O.C2H6Si.2ClH.Zr/c1-10-8-12-7-6-11-4-2-3-5-13(11)14(12)9-10;1-8-7-10-6-5-9-3-2-4-11(9)12(10)13-8;1-3-2;;;/h2-8H,9H2,1H3;2-8H,1H3;1-2H3;2*1H;/q;;+2;;;+4/p-2. The van der Waals surface area contributed by atoms with Gasteiger partial charge in [0, 0.05) is 10.8 Å². The van der Waals surface area contributed by atoms with Crippen LogP contribution in [0.1, 0.15) is 30.5 Å². The summed E-state index contributed by atoms with van der Waals surface area (Å²) in [6.45, 7) is 8.57. The Kier molecular flexibility index (Phi) is 12.1. The van der Waals surface area contributed by atoms with E-state index in [0.717, 1.165) is 21.7 Å². The first-order valence-electron chi connectivity index (χ1n) is 10.6. The zero-order valence-electron chi connectivity index (χ0n) is 19.5. The smallest absolute Gasteiger partial charge is 1.00 e. The molecule has 2 aliphatic carbocycles. The van der Waals surface area contributed by atoms with Crippen molar-refractivity contribution >= 4 is 44.6 Å². The maximum atomic E-state index is 5.72. The maximum absolute atomic E-state index is 5.72. The molecule has 0 saturated heterocycles. The zero-order chi connectivity index (χ0) is 21.1. The van der Waals surface area contributed by atoms with E-state index in [9.17, 15) is 0 Å². The number of ether oxygens (including phenoxy) is 1. The van der Waals surface area contributed by atoms with Gasteiger partial charge in [0.1, 0.15) is 11.9 Å². The Hall–Kier alpha value is -1.38. The predicted molar refractivity (Wildman–Crippen MR) is 133 cm³/mol. The van der Waals surface area contributed by atoms with Gasteiger partial charge in [-0.25, -0.2) is 0 Å². The molecule has 0 amide bonds. The number of hydrogen-bond donors (Lipinski definition) is 0. The summed E-state index contributed by atoms with van der Waals surface area (Å²) in [5.74, 6) is 1.05. The maximum Gasteiger partial charge on any atom is 4.00 e. The molecule has 0 radical (unpaired) electrons. The van der Waals surface area contributed by atoms with Crippen molar-refractivity contribution in [1.82, 2.24) is 0 Å². The van der Waals surface area contributed by atoms with Crippen LogP contribution in [0.5, 0.6) is 5.75 Å². The summed E-state index contributed by atoms with van der Waals surface area (Å²) in [6, 6.07) is 17.3. The largest absolute Gasteiger partial charge is 4.00 e. The van der Waals surface area contributed by atoms with Crippen LogP contribution in [0.3, 0.4) is 0 Å². The molecule has 0 aromatic heterocycles. The average molecular weight is 571 g/mol. The topological polar surface area (TPSA) is 9.23 Å². The third-order valence-electron chi connectivity index (χ3n) is 5.45. The summed E-state index contributed by atoms with van der Waals surface area (Å²) in [5, 5.41) is 5.26. The summed E-state index contributed by atoms with van der Waals surface area (Å²) in [5.41, 5.74) is 5.61. The molecular formula is C28H28Cl2OSiZr+4. The number of fused-ring (bicyclic) bond motifs is 6. The Morgan fingerprint density at radius 2 is 1.64 bits per heavy atom. The Balaban J connectivity index is 0.000000274. The van der Waals surface area contributed by atoms with Gasteiger partial charge in [-0.2, -0.15) is 0 Å². The fourth-order valence-corrected chi connectivity index (χ4v) is 4.21. The molecule has 0 N–H and O–H groups in total. The zero-order valence-corrected chi connectivity index (χ0v) is 24.4. The van der Waals surface area contributed by atoms with Crippen LogP contribution in [0.4, 0.5) is 0 Å². The molecule has 1 unspecified atom stereocenters. The summed E-state index contributed by atoms with van der Waals surface area (Å²) in [7, 11) is 1.08. The number of rotatable bonds is 0. The van der Waals surface area contributed by atoms with Crippen molar-refractivity contribution in [2.24, 2.45) is 0 Å². The Labute approximate surface area is 231 Å². The summed E-state index contributed by atoms with van der Waals surface area (Å²) < 4.78 is 5.72. The van der Waals surface area contributed by atoms with Gasteiger partial charge in [-0.1, -0.05) is 78.4 Å². The van der Waals surface area contributed by atoms with Crippen molar-refractivity contribution in [1.29, 1.82) is 0 Å². The number of hydrogen-bond acceptors (Lipinski definition) is 1. The van der Waals surface area contributed by atoms with Crippen molar-refractivity contribution in [3.05, 3.63) is 87.3 Å². The number of allylic oxidation sites excluding steroid dienone is 2. The molecule has 6 rings (SSSR count). The summed E-state index contributed by atoms with van der Waals surface area (Å²) in [4.78, 5) is 0. The van der Waals surface area contributed by atoms with Crippen LogP contribution in [0.15, 0.2) is 60.2 Å². The minimum atomic E-state index is 0. The van der Waals surface area contributed by atoms with Crippen LogP contribution in [0.25, 0.3) is 35.1 Å². The van der Waals surface area contributed by atoms with Crippen LogP contribution >= 0.6 is 0 Å². The van der Waals surface area contributed by atoms with Crippen molar-refractivity contribution in [2.75, 3.05) is 0 Å². The van der Waals surface area contributed by atoms with Gasteiger partial charge in [-0.3, -0.25) is 0 Å². The normalized spacial score (nSPS) is 14.8. The van der Waals surface area contributed by atoms with E-state index >= 15 is 0 Å². The van der Waals surface area contributed by atoms with E-state index < -0.39 is 0 Å². The van der Waals surface area contributed by atoms with E-state index in [0.29, 0.717) is 0 Å². The minimum Gasteiger partial charge on any atom is -1.00 e. The van der Waals surface area contributed by atoms with Gasteiger partial charge in [0.15, 0.2) is 0 Å². The average Bonchev–Trinajstić information content (AvgIpc) is 3.45. The molecule has 5 heteroatoms.